The minimum absolute atomic E-state index is 0.0121. The topological polar surface area (TPSA) is 49.4 Å². The van der Waals surface area contributed by atoms with Crippen molar-refractivity contribution in [2.45, 2.75) is 39.2 Å². The third-order valence-corrected chi connectivity index (χ3v) is 5.95. The number of nitrogens with zero attached hydrogens (tertiary/aromatic N) is 1. The predicted molar refractivity (Wildman–Crippen MR) is 105 cm³/mol. The zero-order valence-electron chi connectivity index (χ0n) is 15.4. The van der Waals surface area contributed by atoms with Gasteiger partial charge in [-0.3, -0.25) is 9.59 Å². The molecule has 1 aliphatic heterocycles. The number of amides is 2. The standard InChI is InChI=1S/C21H26N2O2S/c1-3-18(16-8-6-15(2)7-9-16)22-20(24)17-10-12-23(13-11-17)21(25)19-5-4-14-26-19/h4-9,14,17-18H,3,10-13H2,1-2H3,(H,22,24). The van der Waals surface area contributed by atoms with Crippen LogP contribution in [0.5, 0.6) is 0 Å². The Morgan fingerprint density at radius 1 is 1.19 bits per heavy atom. The van der Waals surface area contributed by atoms with E-state index in [9.17, 15) is 9.59 Å². The van der Waals surface area contributed by atoms with E-state index in [-0.39, 0.29) is 23.8 Å². The fourth-order valence-corrected chi connectivity index (χ4v) is 4.10. The van der Waals surface area contributed by atoms with E-state index >= 15 is 0 Å². The Morgan fingerprint density at radius 2 is 1.88 bits per heavy atom. The average Bonchev–Trinajstić information content (AvgIpc) is 3.21. The van der Waals surface area contributed by atoms with Gasteiger partial charge < -0.3 is 10.2 Å². The molecule has 0 bridgehead atoms. The van der Waals surface area contributed by atoms with Gasteiger partial charge in [-0.15, -0.1) is 11.3 Å². The zero-order chi connectivity index (χ0) is 18.5. The van der Waals surface area contributed by atoms with E-state index in [4.69, 9.17) is 0 Å². The number of aryl methyl sites for hydroxylation is 1. The van der Waals surface area contributed by atoms with Crippen molar-refractivity contribution in [3.05, 3.63) is 57.8 Å². The van der Waals surface area contributed by atoms with Gasteiger partial charge in [0.25, 0.3) is 5.91 Å². The molecule has 0 radical (unpaired) electrons. The van der Waals surface area contributed by atoms with Crippen LogP contribution in [0.15, 0.2) is 41.8 Å². The van der Waals surface area contributed by atoms with E-state index in [0.717, 1.165) is 29.7 Å². The highest BCUT2D eigenvalue weighted by Crippen LogP contribution is 2.23. The van der Waals surface area contributed by atoms with Gasteiger partial charge in [0.1, 0.15) is 0 Å². The number of piperidine rings is 1. The number of carbonyl (C=O) groups is 2. The van der Waals surface area contributed by atoms with E-state index < -0.39 is 0 Å². The van der Waals surface area contributed by atoms with Gasteiger partial charge in [0.05, 0.1) is 10.9 Å². The van der Waals surface area contributed by atoms with Crippen LogP contribution in [0.25, 0.3) is 0 Å². The molecule has 0 aliphatic carbocycles. The molecular weight excluding hydrogens is 344 g/mol. The van der Waals surface area contributed by atoms with Crippen LogP contribution in [-0.2, 0) is 4.79 Å². The van der Waals surface area contributed by atoms with Crippen molar-refractivity contribution >= 4 is 23.2 Å². The molecule has 1 N–H and O–H groups in total. The number of likely N-dealkylation sites (tertiary alicyclic amines) is 1. The van der Waals surface area contributed by atoms with Gasteiger partial charge >= 0.3 is 0 Å². The third-order valence-electron chi connectivity index (χ3n) is 5.09. The number of carbonyl (C=O) groups excluding carboxylic acids is 2. The fraction of sp³-hybridized carbons (Fsp3) is 0.429. The predicted octanol–water partition coefficient (Wildman–Crippen LogP) is 4.18. The maximum atomic E-state index is 12.7. The molecule has 3 rings (SSSR count). The molecule has 1 saturated heterocycles. The van der Waals surface area contributed by atoms with E-state index in [2.05, 4.69) is 43.4 Å². The number of nitrogens with one attached hydrogen (secondary N) is 1. The molecule has 1 atom stereocenters. The summed E-state index contributed by atoms with van der Waals surface area (Å²) in [7, 11) is 0. The lowest BCUT2D eigenvalue weighted by Crippen LogP contribution is -2.43. The smallest absolute Gasteiger partial charge is 0.263 e. The highest BCUT2D eigenvalue weighted by atomic mass is 32.1. The first-order valence-corrected chi connectivity index (χ1v) is 10.2. The number of rotatable bonds is 5. The van der Waals surface area contributed by atoms with Crippen LogP contribution in [0.4, 0.5) is 0 Å². The second kappa shape index (κ2) is 8.49. The van der Waals surface area contributed by atoms with Gasteiger partial charge in [0, 0.05) is 19.0 Å². The van der Waals surface area contributed by atoms with E-state index in [1.165, 1.54) is 16.9 Å². The lowest BCUT2D eigenvalue weighted by molar-refractivity contribution is -0.127. The third kappa shape index (κ3) is 4.33. The number of hydrogen-bond donors (Lipinski definition) is 1. The Morgan fingerprint density at radius 3 is 2.46 bits per heavy atom. The Bertz CT molecular complexity index is 732. The molecule has 138 valence electrons. The Kier molecular flexibility index (Phi) is 6.09. The molecule has 1 fully saturated rings. The maximum absolute atomic E-state index is 12.7. The summed E-state index contributed by atoms with van der Waals surface area (Å²) >= 11 is 1.47. The Balaban J connectivity index is 1.54. The van der Waals surface area contributed by atoms with Crippen molar-refractivity contribution in [1.82, 2.24) is 10.2 Å². The molecule has 1 aromatic heterocycles. The first-order valence-electron chi connectivity index (χ1n) is 9.28. The van der Waals surface area contributed by atoms with Crippen molar-refractivity contribution in [3.63, 3.8) is 0 Å². The first-order chi connectivity index (χ1) is 12.6. The molecule has 4 nitrogen and oxygen atoms in total. The summed E-state index contributed by atoms with van der Waals surface area (Å²) in [6.07, 6.45) is 2.32. The van der Waals surface area contributed by atoms with Gasteiger partial charge in [0.15, 0.2) is 0 Å². The molecule has 2 aromatic rings. The van der Waals surface area contributed by atoms with Crippen molar-refractivity contribution in [2.24, 2.45) is 5.92 Å². The molecular formula is C21H26N2O2S. The van der Waals surface area contributed by atoms with Crippen molar-refractivity contribution in [3.8, 4) is 0 Å². The molecule has 0 saturated carbocycles. The monoisotopic (exact) mass is 370 g/mol. The van der Waals surface area contributed by atoms with Gasteiger partial charge in [-0.2, -0.15) is 0 Å². The number of hydrogen-bond acceptors (Lipinski definition) is 3. The highest BCUT2D eigenvalue weighted by Gasteiger charge is 2.29. The molecule has 1 aliphatic rings. The minimum atomic E-state index is -0.0121. The van der Waals surface area contributed by atoms with Crippen LogP contribution in [0.1, 0.15) is 53.0 Å². The van der Waals surface area contributed by atoms with E-state index in [1.54, 1.807) is 0 Å². The molecule has 26 heavy (non-hydrogen) atoms. The molecule has 0 spiro atoms. The molecule has 1 aromatic carbocycles. The van der Waals surface area contributed by atoms with Gasteiger partial charge in [-0.25, -0.2) is 0 Å². The largest absolute Gasteiger partial charge is 0.349 e. The summed E-state index contributed by atoms with van der Waals surface area (Å²) in [6.45, 7) is 5.45. The summed E-state index contributed by atoms with van der Waals surface area (Å²) in [5.74, 6) is 0.187. The van der Waals surface area contributed by atoms with Crippen molar-refractivity contribution in [1.29, 1.82) is 0 Å². The second-order valence-corrected chi connectivity index (χ2v) is 7.87. The van der Waals surface area contributed by atoms with Crippen LogP contribution in [0.2, 0.25) is 0 Å². The van der Waals surface area contributed by atoms with Crippen molar-refractivity contribution < 1.29 is 9.59 Å². The summed E-state index contributed by atoms with van der Waals surface area (Å²) < 4.78 is 0. The quantitative estimate of drug-likeness (QED) is 0.858. The number of benzene rings is 1. The van der Waals surface area contributed by atoms with Gasteiger partial charge in [-0.1, -0.05) is 42.8 Å². The molecule has 1 unspecified atom stereocenters. The summed E-state index contributed by atoms with van der Waals surface area (Å²) in [4.78, 5) is 27.8. The summed E-state index contributed by atoms with van der Waals surface area (Å²) in [5.41, 5.74) is 2.37. The van der Waals surface area contributed by atoms with Crippen LogP contribution in [0, 0.1) is 12.8 Å². The lowest BCUT2D eigenvalue weighted by Gasteiger charge is -2.32. The van der Waals surface area contributed by atoms with E-state index in [1.807, 2.05) is 22.4 Å². The van der Waals surface area contributed by atoms with Gasteiger partial charge in [0.2, 0.25) is 5.91 Å². The van der Waals surface area contributed by atoms with Gasteiger partial charge in [-0.05, 0) is 43.2 Å². The Labute approximate surface area is 159 Å². The normalized spacial score (nSPS) is 16.3. The zero-order valence-corrected chi connectivity index (χ0v) is 16.2. The highest BCUT2D eigenvalue weighted by molar-refractivity contribution is 7.12. The maximum Gasteiger partial charge on any atom is 0.263 e. The Hall–Kier alpha value is -2.14. The molecule has 2 heterocycles. The van der Waals surface area contributed by atoms with Crippen LogP contribution >= 0.6 is 11.3 Å². The van der Waals surface area contributed by atoms with Crippen LogP contribution in [0.3, 0.4) is 0 Å². The lowest BCUT2D eigenvalue weighted by atomic mass is 9.94. The fourth-order valence-electron chi connectivity index (χ4n) is 3.41. The average molecular weight is 371 g/mol. The minimum Gasteiger partial charge on any atom is -0.349 e. The second-order valence-electron chi connectivity index (χ2n) is 6.92. The molecule has 5 heteroatoms. The van der Waals surface area contributed by atoms with Crippen molar-refractivity contribution in [2.75, 3.05) is 13.1 Å². The summed E-state index contributed by atoms with van der Waals surface area (Å²) in [5, 5.41) is 5.12. The molecule has 2 amide bonds. The van der Waals surface area contributed by atoms with Crippen LogP contribution in [-0.4, -0.2) is 29.8 Å². The first kappa shape index (κ1) is 18.6. The van der Waals surface area contributed by atoms with Crippen LogP contribution < -0.4 is 5.32 Å². The SMILES string of the molecule is CCC(NC(=O)C1CCN(C(=O)c2cccs2)CC1)c1ccc(C)cc1. The number of thiophene rings is 1. The summed E-state index contributed by atoms with van der Waals surface area (Å²) in [6, 6.07) is 12.2. The van der Waals surface area contributed by atoms with E-state index in [0.29, 0.717) is 13.1 Å².